The zero-order chi connectivity index (χ0) is 22.1. The number of carbonyl (C=O) groups is 2. The molecule has 160 valence electrons. The highest BCUT2D eigenvalue weighted by Gasteiger charge is 2.10. The molecule has 0 bridgehead atoms. The van der Waals surface area contributed by atoms with Gasteiger partial charge in [-0.25, -0.2) is 0 Å². The van der Waals surface area contributed by atoms with Crippen molar-refractivity contribution in [2.75, 3.05) is 32.0 Å². The Morgan fingerprint density at radius 1 is 0.867 bits per heavy atom. The summed E-state index contributed by atoms with van der Waals surface area (Å²) in [6.45, 7) is 3.98. The van der Waals surface area contributed by atoms with Crippen molar-refractivity contribution < 1.29 is 23.8 Å². The van der Waals surface area contributed by atoms with Gasteiger partial charge in [0.2, 0.25) is 11.8 Å². The third-order valence-corrected chi connectivity index (χ3v) is 4.18. The molecule has 2 aromatic carbocycles. The molecule has 0 aliphatic carbocycles. The summed E-state index contributed by atoms with van der Waals surface area (Å²) in [6.07, 6.45) is 3.50. The van der Waals surface area contributed by atoms with E-state index < -0.39 is 0 Å². The number of carbonyl (C=O) groups excluding carboxylic acids is 2. The molecule has 7 heteroatoms. The second kappa shape index (κ2) is 10.9. The molecule has 0 saturated heterocycles. The van der Waals surface area contributed by atoms with Gasteiger partial charge >= 0.3 is 0 Å². The van der Waals surface area contributed by atoms with Crippen molar-refractivity contribution in [3.63, 3.8) is 0 Å². The number of rotatable bonds is 9. The van der Waals surface area contributed by atoms with Gasteiger partial charge in [-0.05, 0) is 42.3 Å². The van der Waals surface area contributed by atoms with Gasteiger partial charge in [-0.3, -0.25) is 9.59 Å². The van der Waals surface area contributed by atoms with E-state index in [0.717, 1.165) is 0 Å². The highest BCUT2D eigenvalue weighted by Crippen LogP contribution is 2.35. The highest BCUT2D eigenvalue weighted by molar-refractivity contribution is 6.02. The van der Waals surface area contributed by atoms with Crippen LogP contribution in [0.4, 0.5) is 11.4 Å². The number of ether oxygens (including phenoxy) is 3. The summed E-state index contributed by atoms with van der Waals surface area (Å²) in [5.74, 6) is 1.58. The summed E-state index contributed by atoms with van der Waals surface area (Å²) >= 11 is 0. The first kappa shape index (κ1) is 22.8. The van der Waals surface area contributed by atoms with Crippen LogP contribution < -0.4 is 24.8 Å². The number of hydrogen-bond donors (Lipinski definition) is 2. The highest BCUT2D eigenvalue weighted by atomic mass is 16.5. The summed E-state index contributed by atoms with van der Waals surface area (Å²) in [5.41, 5.74) is 1.98. The number of methoxy groups -OCH3 is 3. The minimum absolute atomic E-state index is 0.0337. The van der Waals surface area contributed by atoms with Gasteiger partial charge < -0.3 is 24.8 Å². The third kappa shape index (κ3) is 6.55. The molecule has 0 spiro atoms. The fourth-order valence-electron chi connectivity index (χ4n) is 2.75. The van der Waals surface area contributed by atoms with Crippen LogP contribution >= 0.6 is 0 Å². The first-order valence-electron chi connectivity index (χ1n) is 9.55. The molecule has 2 rings (SSSR count). The molecule has 0 heterocycles. The van der Waals surface area contributed by atoms with Gasteiger partial charge in [0.1, 0.15) is 5.75 Å². The molecule has 0 radical (unpaired) electrons. The molecule has 0 aliphatic rings. The standard InChI is InChI=1S/C23H28N2O5/c1-15(2)12-23(27)25-18-9-7-17(8-10-18)24-22(26)11-6-16-13-20(29-4)21(30-5)14-19(16)28-3/h6-11,13-15H,12H2,1-5H3,(H,24,26)(H,25,27)/b11-6+. The first-order chi connectivity index (χ1) is 14.4. The van der Waals surface area contributed by atoms with Crippen LogP contribution in [0.2, 0.25) is 0 Å². The van der Waals surface area contributed by atoms with Gasteiger partial charge in [-0.15, -0.1) is 0 Å². The van der Waals surface area contributed by atoms with Crippen molar-refractivity contribution in [3.05, 3.63) is 48.0 Å². The molecular formula is C23H28N2O5. The maximum absolute atomic E-state index is 12.3. The monoisotopic (exact) mass is 412 g/mol. The average molecular weight is 412 g/mol. The van der Waals surface area contributed by atoms with Crippen molar-refractivity contribution in [2.24, 2.45) is 5.92 Å². The van der Waals surface area contributed by atoms with Crippen LogP contribution in [0.3, 0.4) is 0 Å². The van der Waals surface area contributed by atoms with Crippen molar-refractivity contribution in [1.29, 1.82) is 0 Å². The van der Waals surface area contributed by atoms with Crippen LogP contribution in [0.1, 0.15) is 25.8 Å². The Kier molecular flexibility index (Phi) is 8.29. The summed E-state index contributed by atoms with van der Waals surface area (Å²) < 4.78 is 15.9. The lowest BCUT2D eigenvalue weighted by atomic mass is 10.1. The van der Waals surface area contributed by atoms with Crippen LogP contribution in [0.15, 0.2) is 42.5 Å². The Morgan fingerprint density at radius 2 is 1.40 bits per heavy atom. The molecule has 0 saturated carbocycles. The second-order valence-electron chi connectivity index (χ2n) is 7.00. The fourth-order valence-corrected chi connectivity index (χ4v) is 2.75. The lowest BCUT2D eigenvalue weighted by Crippen LogP contribution is -2.14. The smallest absolute Gasteiger partial charge is 0.248 e. The largest absolute Gasteiger partial charge is 0.496 e. The summed E-state index contributed by atoms with van der Waals surface area (Å²) in [7, 11) is 4.63. The molecule has 0 atom stereocenters. The van der Waals surface area contributed by atoms with Crippen LogP contribution in [0.5, 0.6) is 17.2 Å². The van der Waals surface area contributed by atoms with Gasteiger partial charge in [-0.2, -0.15) is 0 Å². The summed E-state index contributed by atoms with van der Waals surface area (Å²) in [4.78, 5) is 24.1. The number of anilines is 2. The molecule has 2 aromatic rings. The Labute approximate surface area is 177 Å². The van der Waals surface area contributed by atoms with E-state index in [0.29, 0.717) is 46.5 Å². The lowest BCUT2D eigenvalue weighted by molar-refractivity contribution is -0.117. The first-order valence-corrected chi connectivity index (χ1v) is 9.55. The molecule has 2 amide bonds. The van der Waals surface area contributed by atoms with Gasteiger partial charge in [0.05, 0.1) is 21.3 Å². The van der Waals surface area contributed by atoms with Crippen molar-refractivity contribution >= 4 is 29.3 Å². The predicted octanol–water partition coefficient (Wildman–Crippen LogP) is 4.35. The molecule has 0 aromatic heterocycles. The SMILES string of the molecule is COc1cc(OC)c(OC)cc1/C=C/C(=O)Nc1ccc(NC(=O)CC(C)C)cc1. The van der Waals surface area contributed by atoms with Crippen LogP contribution in [-0.2, 0) is 9.59 Å². The number of hydrogen-bond acceptors (Lipinski definition) is 5. The molecule has 0 aliphatic heterocycles. The molecule has 30 heavy (non-hydrogen) atoms. The van der Waals surface area contributed by atoms with Crippen LogP contribution in [0.25, 0.3) is 6.08 Å². The van der Waals surface area contributed by atoms with E-state index in [1.807, 2.05) is 13.8 Å². The van der Waals surface area contributed by atoms with Gasteiger partial charge in [0, 0.05) is 35.5 Å². The molecular weight excluding hydrogens is 384 g/mol. The van der Waals surface area contributed by atoms with Crippen LogP contribution in [-0.4, -0.2) is 33.1 Å². The summed E-state index contributed by atoms with van der Waals surface area (Å²) in [5, 5.41) is 5.61. The third-order valence-electron chi connectivity index (χ3n) is 4.18. The quantitative estimate of drug-likeness (QED) is 0.598. The van der Waals surface area contributed by atoms with Crippen molar-refractivity contribution in [3.8, 4) is 17.2 Å². The molecule has 2 N–H and O–H groups in total. The van der Waals surface area contributed by atoms with Crippen LogP contribution in [0, 0.1) is 5.92 Å². The number of benzene rings is 2. The predicted molar refractivity (Wildman–Crippen MR) is 118 cm³/mol. The molecule has 7 nitrogen and oxygen atoms in total. The van der Waals surface area contributed by atoms with E-state index >= 15 is 0 Å². The lowest BCUT2D eigenvalue weighted by Gasteiger charge is -2.12. The van der Waals surface area contributed by atoms with E-state index in [1.165, 1.54) is 6.08 Å². The second-order valence-corrected chi connectivity index (χ2v) is 7.00. The Morgan fingerprint density at radius 3 is 1.93 bits per heavy atom. The fraction of sp³-hybridized carbons (Fsp3) is 0.304. The van der Waals surface area contributed by atoms with E-state index in [1.54, 1.807) is 63.8 Å². The van der Waals surface area contributed by atoms with Gasteiger partial charge in [0.15, 0.2) is 11.5 Å². The van der Waals surface area contributed by atoms with Crippen molar-refractivity contribution in [1.82, 2.24) is 0 Å². The van der Waals surface area contributed by atoms with E-state index in [-0.39, 0.29) is 11.8 Å². The van der Waals surface area contributed by atoms with E-state index in [4.69, 9.17) is 14.2 Å². The zero-order valence-corrected chi connectivity index (χ0v) is 17.9. The maximum atomic E-state index is 12.3. The van der Waals surface area contributed by atoms with Gasteiger partial charge in [0.25, 0.3) is 0 Å². The maximum Gasteiger partial charge on any atom is 0.248 e. The molecule has 0 fully saturated rings. The Hall–Kier alpha value is -3.48. The summed E-state index contributed by atoms with van der Waals surface area (Å²) in [6, 6.07) is 10.4. The van der Waals surface area contributed by atoms with E-state index in [9.17, 15) is 9.59 Å². The van der Waals surface area contributed by atoms with Gasteiger partial charge in [-0.1, -0.05) is 13.8 Å². The average Bonchev–Trinajstić information content (AvgIpc) is 2.72. The number of nitrogens with one attached hydrogen (secondary N) is 2. The Balaban J connectivity index is 2.03. The van der Waals surface area contributed by atoms with E-state index in [2.05, 4.69) is 10.6 Å². The minimum Gasteiger partial charge on any atom is -0.496 e. The zero-order valence-electron chi connectivity index (χ0n) is 17.9. The number of amides is 2. The minimum atomic E-state index is -0.302. The molecule has 0 unspecified atom stereocenters. The normalized spacial score (nSPS) is 10.7. The topological polar surface area (TPSA) is 85.9 Å². The Bertz CT molecular complexity index is 905. The van der Waals surface area contributed by atoms with Crippen molar-refractivity contribution in [2.45, 2.75) is 20.3 Å².